The van der Waals surface area contributed by atoms with E-state index in [-0.39, 0.29) is 23.3 Å². The highest BCUT2D eigenvalue weighted by Crippen LogP contribution is 2.26. The van der Waals surface area contributed by atoms with Gasteiger partial charge in [0.2, 0.25) is 5.91 Å². The number of aromatic amines is 1. The summed E-state index contributed by atoms with van der Waals surface area (Å²) >= 11 is 2.81. The fraction of sp³-hybridized carbons (Fsp3) is 0.579. The maximum atomic E-state index is 12.3. The molecule has 1 fully saturated rings. The number of hydrogen-bond acceptors (Lipinski definition) is 6. The van der Waals surface area contributed by atoms with Crippen LogP contribution in [-0.2, 0) is 10.5 Å². The third-order valence-corrected chi connectivity index (χ3v) is 7.29. The molecule has 3 amide bonds. The number of aromatic nitrogens is 2. The molecule has 7 nitrogen and oxygen atoms in total. The average molecular weight is 423 g/mol. The Bertz CT molecular complexity index is 937. The minimum absolute atomic E-state index is 0.123. The van der Waals surface area contributed by atoms with Gasteiger partial charge in [-0.05, 0) is 38.2 Å². The second-order valence-corrected chi connectivity index (χ2v) is 9.55. The van der Waals surface area contributed by atoms with Crippen molar-refractivity contribution in [1.29, 1.82) is 0 Å². The predicted molar refractivity (Wildman–Crippen MR) is 114 cm³/mol. The Morgan fingerprint density at radius 3 is 2.79 bits per heavy atom. The van der Waals surface area contributed by atoms with Gasteiger partial charge in [0.15, 0.2) is 0 Å². The minimum Gasteiger partial charge on any atom is -0.335 e. The van der Waals surface area contributed by atoms with Crippen LogP contribution >= 0.6 is 23.1 Å². The topological polar surface area (TPSA) is 104 Å². The molecule has 9 heteroatoms. The number of thiophene rings is 1. The first-order chi connectivity index (χ1) is 13.3. The summed E-state index contributed by atoms with van der Waals surface area (Å²) in [5.74, 6) is 1.15. The molecule has 0 aliphatic heterocycles. The van der Waals surface area contributed by atoms with Gasteiger partial charge in [0.25, 0.3) is 5.56 Å². The first-order valence-corrected chi connectivity index (χ1v) is 11.5. The van der Waals surface area contributed by atoms with Crippen LogP contribution in [-0.4, -0.2) is 33.7 Å². The number of carbonyl (C=O) groups excluding carboxylic acids is 2. The number of thioether (sulfide) groups is 1. The molecule has 2 aromatic rings. The van der Waals surface area contributed by atoms with Crippen molar-refractivity contribution in [2.45, 2.75) is 58.2 Å². The smallest absolute Gasteiger partial charge is 0.321 e. The van der Waals surface area contributed by atoms with Crippen LogP contribution < -0.4 is 16.2 Å². The molecule has 0 saturated heterocycles. The molecule has 1 aliphatic carbocycles. The molecular weight excluding hydrogens is 396 g/mol. The Labute approximate surface area is 172 Å². The number of urea groups is 1. The first kappa shape index (κ1) is 20.9. The summed E-state index contributed by atoms with van der Waals surface area (Å²) in [5, 5.41) is 5.93. The summed E-state index contributed by atoms with van der Waals surface area (Å²) in [6.45, 7) is 6.02. The van der Waals surface area contributed by atoms with Crippen LogP contribution in [0.4, 0.5) is 4.79 Å². The molecule has 0 spiro atoms. The molecule has 2 atom stereocenters. The third-order valence-electron chi connectivity index (χ3n) is 5.24. The van der Waals surface area contributed by atoms with Crippen LogP contribution in [0.5, 0.6) is 0 Å². The normalized spacial score (nSPS) is 19.5. The lowest BCUT2D eigenvalue weighted by molar-refractivity contribution is -0.117. The van der Waals surface area contributed by atoms with Gasteiger partial charge in [0.1, 0.15) is 10.7 Å². The van der Waals surface area contributed by atoms with Crippen LogP contribution in [0.1, 0.15) is 48.9 Å². The summed E-state index contributed by atoms with van der Waals surface area (Å²) in [6, 6.07) is -0.297. The van der Waals surface area contributed by atoms with E-state index in [1.54, 1.807) is 0 Å². The molecule has 28 heavy (non-hydrogen) atoms. The fourth-order valence-corrected chi connectivity index (χ4v) is 5.24. The Balaban J connectivity index is 1.48. The van der Waals surface area contributed by atoms with Gasteiger partial charge < -0.3 is 10.3 Å². The lowest BCUT2D eigenvalue weighted by atomic mass is 9.86. The second kappa shape index (κ2) is 9.09. The standard InChI is InChI=1S/C19H26N4O3S2/c1-10-6-4-5-7-13(10)20-19(26)23-15(24)9-27-8-14-21-17(25)16-11(2)12(3)28-18(16)22-14/h10,13H,4-9H2,1-3H3,(H,21,22,25)(H2,20,23,24,26)/t10-,13+/m1/s1. The molecule has 2 aromatic heterocycles. The number of hydrogen-bond donors (Lipinski definition) is 3. The van der Waals surface area contributed by atoms with E-state index in [0.717, 1.165) is 34.5 Å². The van der Waals surface area contributed by atoms with Crippen molar-refractivity contribution in [3.8, 4) is 0 Å². The SMILES string of the molecule is Cc1sc2nc(CSCC(=O)NC(=O)N[C@H]3CCCC[C@H]3C)[nH]c(=O)c2c1C. The summed E-state index contributed by atoms with van der Waals surface area (Å²) in [7, 11) is 0. The highest BCUT2D eigenvalue weighted by atomic mass is 32.2. The summed E-state index contributed by atoms with van der Waals surface area (Å²) in [6.07, 6.45) is 4.37. The fourth-order valence-electron chi connectivity index (χ4n) is 3.51. The number of aryl methyl sites for hydroxylation is 2. The molecule has 0 radical (unpaired) electrons. The van der Waals surface area contributed by atoms with Gasteiger partial charge in [0.05, 0.1) is 16.9 Å². The lowest BCUT2D eigenvalue weighted by Crippen LogP contribution is -2.48. The highest BCUT2D eigenvalue weighted by molar-refractivity contribution is 7.99. The Morgan fingerprint density at radius 2 is 2.04 bits per heavy atom. The Hall–Kier alpha value is -1.87. The van der Waals surface area contributed by atoms with E-state index in [1.807, 2.05) is 13.8 Å². The zero-order valence-corrected chi connectivity index (χ0v) is 18.0. The zero-order chi connectivity index (χ0) is 20.3. The van der Waals surface area contributed by atoms with Crippen molar-refractivity contribution < 1.29 is 9.59 Å². The number of fused-ring (bicyclic) bond motifs is 1. The van der Waals surface area contributed by atoms with Crippen LogP contribution in [0.2, 0.25) is 0 Å². The molecule has 1 aliphatic rings. The Morgan fingerprint density at radius 1 is 1.29 bits per heavy atom. The van der Waals surface area contributed by atoms with E-state index in [9.17, 15) is 14.4 Å². The quantitative estimate of drug-likeness (QED) is 0.686. The maximum Gasteiger partial charge on any atom is 0.321 e. The molecule has 0 unspecified atom stereocenters. The van der Waals surface area contributed by atoms with Gasteiger partial charge in [-0.1, -0.05) is 19.8 Å². The van der Waals surface area contributed by atoms with Crippen molar-refractivity contribution in [2.24, 2.45) is 5.92 Å². The van der Waals surface area contributed by atoms with Crippen molar-refractivity contribution >= 4 is 45.3 Å². The van der Waals surface area contributed by atoms with Crippen LogP contribution in [0.3, 0.4) is 0 Å². The molecule has 152 valence electrons. The Kier molecular flexibility index (Phi) is 6.77. The number of rotatable bonds is 5. The summed E-state index contributed by atoms with van der Waals surface area (Å²) in [4.78, 5) is 45.4. The molecule has 2 heterocycles. The second-order valence-electron chi connectivity index (χ2n) is 7.36. The zero-order valence-electron chi connectivity index (χ0n) is 16.4. The number of imide groups is 1. The molecule has 1 saturated carbocycles. The number of nitrogens with one attached hydrogen (secondary N) is 3. The molecule has 3 N–H and O–H groups in total. The van der Waals surface area contributed by atoms with Gasteiger partial charge in [-0.15, -0.1) is 23.1 Å². The minimum atomic E-state index is -0.429. The van der Waals surface area contributed by atoms with Crippen LogP contribution in [0.25, 0.3) is 10.2 Å². The number of amides is 3. The largest absolute Gasteiger partial charge is 0.335 e. The summed E-state index contributed by atoms with van der Waals surface area (Å²) < 4.78 is 0. The van der Waals surface area contributed by atoms with Gasteiger partial charge in [-0.3, -0.25) is 14.9 Å². The number of H-pyrrole nitrogens is 1. The highest BCUT2D eigenvalue weighted by Gasteiger charge is 2.23. The monoisotopic (exact) mass is 422 g/mol. The maximum absolute atomic E-state index is 12.3. The van der Waals surface area contributed by atoms with E-state index in [0.29, 0.717) is 22.9 Å². The van der Waals surface area contributed by atoms with E-state index in [4.69, 9.17) is 0 Å². The number of carbonyl (C=O) groups is 2. The van der Waals surface area contributed by atoms with E-state index < -0.39 is 6.03 Å². The molecule has 0 bridgehead atoms. The average Bonchev–Trinajstić information content (AvgIpc) is 2.91. The molecule has 3 rings (SSSR count). The third kappa shape index (κ3) is 4.94. The lowest BCUT2D eigenvalue weighted by Gasteiger charge is -2.29. The van der Waals surface area contributed by atoms with Gasteiger partial charge in [0, 0.05) is 10.9 Å². The van der Waals surface area contributed by atoms with E-state index in [1.165, 1.54) is 29.5 Å². The summed E-state index contributed by atoms with van der Waals surface area (Å²) in [5.41, 5.74) is 0.818. The van der Waals surface area contributed by atoms with E-state index in [2.05, 4.69) is 27.5 Å². The van der Waals surface area contributed by atoms with E-state index >= 15 is 0 Å². The van der Waals surface area contributed by atoms with Crippen LogP contribution in [0, 0.1) is 19.8 Å². The van der Waals surface area contributed by atoms with Crippen molar-refractivity contribution in [3.05, 3.63) is 26.6 Å². The first-order valence-electron chi connectivity index (χ1n) is 9.52. The van der Waals surface area contributed by atoms with Crippen LogP contribution in [0.15, 0.2) is 4.79 Å². The molecular formula is C19H26N4O3S2. The van der Waals surface area contributed by atoms with Gasteiger partial charge in [-0.2, -0.15) is 0 Å². The predicted octanol–water partition coefficient (Wildman–Crippen LogP) is 3.24. The van der Waals surface area contributed by atoms with Crippen molar-refractivity contribution in [1.82, 2.24) is 20.6 Å². The molecule has 0 aromatic carbocycles. The number of nitrogens with zero attached hydrogens (tertiary/aromatic N) is 1. The van der Waals surface area contributed by atoms with Crippen molar-refractivity contribution in [2.75, 3.05) is 5.75 Å². The van der Waals surface area contributed by atoms with Gasteiger partial charge in [-0.25, -0.2) is 9.78 Å². The van der Waals surface area contributed by atoms with Crippen molar-refractivity contribution in [3.63, 3.8) is 0 Å². The van der Waals surface area contributed by atoms with Gasteiger partial charge >= 0.3 is 6.03 Å².